The fourth-order valence-electron chi connectivity index (χ4n) is 1.21. The molecule has 4 nitrogen and oxygen atoms in total. The number of hydrogen-bond donors (Lipinski definition) is 3. The summed E-state index contributed by atoms with van der Waals surface area (Å²) < 4.78 is 13.2. The molecule has 0 aliphatic carbocycles. The van der Waals surface area contributed by atoms with Gasteiger partial charge < -0.3 is 5.32 Å². The Hall–Kier alpha value is -1.62. The van der Waals surface area contributed by atoms with Crippen LogP contribution in [0.15, 0.2) is 29.3 Å². The second kappa shape index (κ2) is 5.98. The Morgan fingerprint density at radius 3 is 2.80 bits per heavy atom. The second-order valence-corrected chi connectivity index (χ2v) is 2.98. The summed E-state index contributed by atoms with van der Waals surface area (Å²) in [7, 11) is 1.62. The number of nitrogens with two attached hydrogens (primary N) is 1. The van der Waals surface area contributed by atoms with Gasteiger partial charge in [0.15, 0.2) is 0 Å². The monoisotopic (exact) mass is 210 g/mol. The van der Waals surface area contributed by atoms with Crippen molar-refractivity contribution in [3.8, 4) is 0 Å². The molecule has 0 aliphatic heterocycles. The molecule has 0 bridgehead atoms. The van der Waals surface area contributed by atoms with Crippen LogP contribution in [0, 0.1) is 5.82 Å². The summed E-state index contributed by atoms with van der Waals surface area (Å²) in [5.41, 5.74) is 3.08. The van der Waals surface area contributed by atoms with Crippen LogP contribution >= 0.6 is 0 Å². The van der Waals surface area contributed by atoms with Gasteiger partial charge in [-0.15, -0.1) is 0 Å². The third-order valence-corrected chi connectivity index (χ3v) is 2.00. The van der Waals surface area contributed by atoms with E-state index in [0.29, 0.717) is 24.5 Å². The zero-order valence-corrected chi connectivity index (χ0v) is 8.63. The Morgan fingerprint density at radius 2 is 2.20 bits per heavy atom. The van der Waals surface area contributed by atoms with Crippen LogP contribution in [-0.4, -0.2) is 19.6 Å². The summed E-state index contributed by atoms with van der Waals surface area (Å²) in [4.78, 5) is 3.84. The van der Waals surface area contributed by atoms with Gasteiger partial charge in [0.25, 0.3) is 0 Å². The van der Waals surface area contributed by atoms with Crippen molar-refractivity contribution in [1.82, 2.24) is 10.7 Å². The number of nitrogens with zero attached hydrogens (tertiary/aromatic N) is 1. The molecule has 4 N–H and O–H groups in total. The van der Waals surface area contributed by atoms with E-state index < -0.39 is 0 Å². The average Bonchev–Trinajstić information content (AvgIpc) is 2.27. The van der Waals surface area contributed by atoms with E-state index in [1.807, 2.05) is 6.07 Å². The Bertz CT molecular complexity index is 338. The molecule has 0 heterocycles. The first-order valence-corrected chi connectivity index (χ1v) is 4.68. The quantitative estimate of drug-likeness (QED) is 0.293. The van der Waals surface area contributed by atoms with Crippen LogP contribution in [-0.2, 0) is 6.42 Å². The first kappa shape index (κ1) is 11.5. The lowest BCUT2D eigenvalue weighted by molar-refractivity contribution is 0.607. The lowest BCUT2D eigenvalue weighted by atomic mass is 10.1. The van der Waals surface area contributed by atoms with E-state index in [9.17, 15) is 4.39 Å². The molecule has 0 atom stereocenters. The van der Waals surface area contributed by atoms with Gasteiger partial charge in [-0.3, -0.25) is 10.4 Å². The number of benzene rings is 1. The highest BCUT2D eigenvalue weighted by molar-refractivity contribution is 5.78. The van der Waals surface area contributed by atoms with Crippen molar-refractivity contribution >= 4 is 5.96 Å². The maximum atomic E-state index is 13.2. The maximum Gasteiger partial charge on any atom is 0.205 e. The molecule has 5 heteroatoms. The van der Waals surface area contributed by atoms with E-state index >= 15 is 0 Å². The van der Waals surface area contributed by atoms with Crippen molar-refractivity contribution in [3.63, 3.8) is 0 Å². The molecular formula is C10H15FN4. The van der Waals surface area contributed by atoms with Gasteiger partial charge in [-0.05, 0) is 18.1 Å². The van der Waals surface area contributed by atoms with Gasteiger partial charge in [0.1, 0.15) is 5.82 Å². The van der Waals surface area contributed by atoms with E-state index in [0.717, 1.165) is 0 Å². The van der Waals surface area contributed by atoms with Crippen LogP contribution in [0.2, 0.25) is 0 Å². The SMILES string of the molecule is CN=C(NN)NCCc1ccccc1F. The standard InChI is InChI=1S/C10H15FN4/c1-13-10(15-12)14-7-6-8-4-2-3-5-9(8)11/h2-5H,6-7,12H2,1H3,(H2,13,14,15). The van der Waals surface area contributed by atoms with Gasteiger partial charge in [-0.1, -0.05) is 18.2 Å². The van der Waals surface area contributed by atoms with Gasteiger partial charge in [0, 0.05) is 13.6 Å². The van der Waals surface area contributed by atoms with Crippen molar-refractivity contribution in [3.05, 3.63) is 35.6 Å². The predicted molar refractivity (Wildman–Crippen MR) is 58.8 cm³/mol. The number of aliphatic imine (C=N–C) groups is 1. The summed E-state index contributed by atoms with van der Waals surface area (Å²) >= 11 is 0. The van der Waals surface area contributed by atoms with E-state index in [1.54, 1.807) is 19.2 Å². The van der Waals surface area contributed by atoms with Crippen molar-refractivity contribution in [1.29, 1.82) is 0 Å². The number of rotatable bonds is 3. The number of hydrogen-bond acceptors (Lipinski definition) is 2. The maximum absolute atomic E-state index is 13.2. The van der Waals surface area contributed by atoms with Crippen LogP contribution in [0.1, 0.15) is 5.56 Å². The lowest BCUT2D eigenvalue weighted by Crippen LogP contribution is -2.42. The normalized spacial score (nSPS) is 11.3. The van der Waals surface area contributed by atoms with Crippen molar-refractivity contribution in [2.24, 2.45) is 10.8 Å². The molecule has 0 spiro atoms. The number of nitrogens with one attached hydrogen (secondary N) is 2. The van der Waals surface area contributed by atoms with Crippen LogP contribution < -0.4 is 16.6 Å². The number of guanidine groups is 1. The van der Waals surface area contributed by atoms with Crippen LogP contribution in [0.25, 0.3) is 0 Å². The first-order valence-electron chi connectivity index (χ1n) is 4.68. The van der Waals surface area contributed by atoms with Gasteiger partial charge in [0.2, 0.25) is 5.96 Å². The minimum Gasteiger partial charge on any atom is -0.355 e. The zero-order chi connectivity index (χ0) is 11.1. The summed E-state index contributed by atoms with van der Waals surface area (Å²) in [5.74, 6) is 5.48. The van der Waals surface area contributed by atoms with Crippen LogP contribution in [0.4, 0.5) is 4.39 Å². The Balaban J connectivity index is 2.41. The molecule has 1 aromatic rings. The molecule has 0 radical (unpaired) electrons. The molecule has 0 saturated carbocycles. The number of hydrazine groups is 1. The largest absolute Gasteiger partial charge is 0.355 e. The third-order valence-electron chi connectivity index (χ3n) is 2.00. The highest BCUT2D eigenvalue weighted by Crippen LogP contribution is 2.05. The molecule has 1 aromatic carbocycles. The lowest BCUT2D eigenvalue weighted by Gasteiger charge is -2.08. The van der Waals surface area contributed by atoms with E-state index in [4.69, 9.17) is 5.84 Å². The van der Waals surface area contributed by atoms with E-state index in [1.165, 1.54) is 6.07 Å². The molecule has 0 unspecified atom stereocenters. The van der Waals surface area contributed by atoms with Crippen LogP contribution in [0.5, 0.6) is 0 Å². The Labute approximate surface area is 88.4 Å². The van der Waals surface area contributed by atoms with Gasteiger partial charge in [-0.25, -0.2) is 10.2 Å². The minimum absolute atomic E-state index is 0.185. The molecular weight excluding hydrogens is 195 g/mol. The summed E-state index contributed by atoms with van der Waals surface area (Å²) in [6.07, 6.45) is 0.591. The van der Waals surface area contributed by atoms with Gasteiger partial charge >= 0.3 is 0 Å². The van der Waals surface area contributed by atoms with Crippen molar-refractivity contribution in [2.45, 2.75) is 6.42 Å². The molecule has 0 amide bonds. The molecule has 0 aromatic heterocycles. The summed E-state index contributed by atoms with van der Waals surface area (Å²) in [6.45, 7) is 0.581. The summed E-state index contributed by atoms with van der Waals surface area (Å²) in [6, 6.07) is 6.70. The van der Waals surface area contributed by atoms with Crippen molar-refractivity contribution < 1.29 is 4.39 Å². The first-order chi connectivity index (χ1) is 7.27. The van der Waals surface area contributed by atoms with E-state index in [2.05, 4.69) is 15.7 Å². The molecule has 0 aliphatic rings. The fraction of sp³-hybridized carbons (Fsp3) is 0.300. The fourth-order valence-corrected chi connectivity index (χ4v) is 1.21. The van der Waals surface area contributed by atoms with E-state index in [-0.39, 0.29) is 5.82 Å². The molecule has 0 saturated heterocycles. The third kappa shape index (κ3) is 3.55. The van der Waals surface area contributed by atoms with Crippen molar-refractivity contribution in [2.75, 3.05) is 13.6 Å². The molecule has 82 valence electrons. The topological polar surface area (TPSA) is 62.4 Å². The molecule has 15 heavy (non-hydrogen) atoms. The minimum atomic E-state index is -0.185. The number of halogens is 1. The highest BCUT2D eigenvalue weighted by atomic mass is 19.1. The Morgan fingerprint density at radius 1 is 1.47 bits per heavy atom. The highest BCUT2D eigenvalue weighted by Gasteiger charge is 2.00. The molecule has 1 rings (SSSR count). The van der Waals surface area contributed by atoms with Gasteiger partial charge in [0.05, 0.1) is 0 Å². The smallest absolute Gasteiger partial charge is 0.205 e. The second-order valence-electron chi connectivity index (χ2n) is 2.98. The zero-order valence-electron chi connectivity index (χ0n) is 8.63. The predicted octanol–water partition coefficient (Wildman–Crippen LogP) is 0.407. The van der Waals surface area contributed by atoms with Crippen LogP contribution in [0.3, 0.4) is 0 Å². The van der Waals surface area contributed by atoms with Gasteiger partial charge in [-0.2, -0.15) is 0 Å². The Kier molecular flexibility index (Phi) is 4.56. The average molecular weight is 210 g/mol. The summed E-state index contributed by atoms with van der Waals surface area (Å²) in [5, 5.41) is 2.94. The molecule has 0 fully saturated rings.